The lowest BCUT2D eigenvalue weighted by Crippen LogP contribution is -2.39. The summed E-state index contributed by atoms with van der Waals surface area (Å²) in [5.74, 6) is 0.540. The zero-order valence-corrected chi connectivity index (χ0v) is 20.7. The van der Waals surface area contributed by atoms with Gasteiger partial charge in [0.15, 0.2) is 5.69 Å². The van der Waals surface area contributed by atoms with Crippen LogP contribution in [-0.2, 0) is 30.7 Å². The highest BCUT2D eigenvalue weighted by Crippen LogP contribution is 2.24. The Balaban J connectivity index is 1.41. The molecule has 1 aliphatic rings. The van der Waals surface area contributed by atoms with Crippen molar-refractivity contribution in [2.75, 3.05) is 11.9 Å². The molecule has 1 aliphatic heterocycles. The average molecular weight is 496 g/mol. The number of H-pyrrole nitrogens is 1. The number of carbonyl (C=O) groups is 3. The minimum atomic E-state index is -0.324. The monoisotopic (exact) mass is 495 g/mol. The number of anilines is 1. The van der Waals surface area contributed by atoms with Gasteiger partial charge in [-0.1, -0.05) is 49.4 Å². The summed E-state index contributed by atoms with van der Waals surface area (Å²) in [6.45, 7) is 3.23. The predicted molar refractivity (Wildman–Crippen MR) is 140 cm³/mol. The molecule has 2 N–H and O–H groups in total. The van der Waals surface area contributed by atoms with Gasteiger partial charge in [0.1, 0.15) is 17.3 Å². The molecule has 0 bridgehead atoms. The number of ketones is 1. The van der Waals surface area contributed by atoms with E-state index in [0.29, 0.717) is 56.0 Å². The normalized spacial score (nSPS) is 12.7. The molecule has 3 heterocycles. The van der Waals surface area contributed by atoms with E-state index in [1.807, 2.05) is 49.4 Å². The number of rotatable bonds is 8. The zero-order chi connectivity index (χ0) is 25.8. The molecule has 8 heteroatoms. The summed E-state index contributed by atoms with van der Waals surface area (Å²) in [5, 5.41) is 2.94. The third kappa shape index (κ3) is 5.38. The smallest absolute Gasteiger partial charge is 0.276 e. The van der Waals surface area contributed by atoms with Crippen molar-refractivity contribution in [3.05, 3.63) is 107 Å². The molecule has 37 heavy (non-hydrogen) atoms. The number of aromatic nitrogens is 3. The molecule has 0 fully saturated rings. The lowest BCUT2D eigenvalue weighted by atomic mass is 10.1. The van der Waals surface area contributed by atoms with E-state index in [1.54, 1.807) is 35.4 Å². The molecule has 0 unspecified atom stereocenters. The molecule has 5 rings (SSSR count). The maximum atomic E-state index is 13.4. The molecule has 4 aromatic rings. The van der Waals surface area contributed by atoms with Gasteiger partial charge >= 0.3 is 0 Å². The summed E-state index contributed by atoms with van der Waals surface area (Å²) in [6, 6.07) is 20.8. The van der Waals surface area contributed by atoms with Crippen LogP contribution < -0.4 is 5.32 Å². The SMILES string of the molecule is CCC(=O)Cc1ccc(NC(=O)c2nc(Cc3ccccc3)n3c2CN(C(=O)c2ccc[nH]2)CC3)cc1. The van der Waals surface area contributed by atoms with Crippen LogP contribution in [0.15, 0.2) is 72.9 Å². The van der Waals surface area contributed by atoms with Gasteiger partial charge in [0.25, 0.3) is 11.8 Å². The molecule has 0 atom stereocenters. The molecule has 2 aromatic carbocycles. The van der Waals surface area contributed by atoms with Crippen LogP contribution >= 0.6 is 0 Å². The number of hydrogen-bond acceptors (Lipinski definition) is 4. The Kier molecular flexibility index (Phi) is 6.98. The molecule has 0 spiro atoms. The number of nitrogens with one attached hydrogen (secondary N) is 2. The number of carbonyl (C=O) groups excluding carboxylic acids is 3. The number of aromatic amines is 1. The van der Waals surface area contributed by atoms with Crippen molar-refractivity contribution in [2.24, 2.45) is 0 Å². The van der Waals surface area contributed by atoms with Crippen LogP contribution in [0, 0.1) is 0 Å². The maximum Gasteiger partial charge on any atom is 0.276 e. The van der Waals surface area contributed by atoms with Gasteiger partial charge in [-0.15, -0.1) is 0 Å². The van der Waals surface area contributed by atoms with E-state index in [9.17, 15) is 14.4 Å². The minimum absolute atomic E-state index is 0.106. The number of Topliss-reactive ketones (excluding diaryl/α,β-unsaturated/α-hetero) is 1. The van der Waals surface area contributed by atoms with Gasteiger partial charge in [-0.3, -0.25) is 14.4 Å². The molecule has 0 aliphatic carbocycles. The van der Waals surface area contributed by atoms with Crippen molar-refractivity contribution >= 4 is 23.3 Å². The van der Waals surface area contributed by atoms with E-state index in [0.717, 1.165) is 22.6 Å². The number of fused-ring (bicyclic) bond motifs is 1. The van der Waals surface area contributed by atoms with Crippen LogP contribution in [0.1, 0.15) is 57.0 Å². The average Bonchev–Trinajstić information content (AvgIpc) is 3.58. The van der Waals surface area contributed by atoms with E-state index in [-0.39, 0.29) is 17.6 Å². The van der Waals surface area contributed by atoms with E-state index in [2.05, 4.69) is 14.9 Å². The summed E-state index contributed by atoms with van der Waals surface area (Å²) in [7, 11) is 0. The standard InChI is InChI=1S/C29H29N5O3/c1-2-23(35)17-21-10-12-22(13-11-21)31-28(36)27-25-19-33(29(37)24-9-6-14-30-24)15-16-34(25)26(32-27)18-20-7-4-3-5-8-20/h3-14,30H,2,15-19H2,1H3,(H,31,36). The quantitative estimate of drug-likeness (QED) is 0.382. The lowest BCUT2D eigenvalue weighted by molar-refractivity contribution is -0.118. The number of hydrogen-bond donors (Lipinski definition) is 2. The first-order valence-electron chi connectivity index (χ1n) is 12.5. The van der Waals surface area contributed by atoms with Crippen LogP contribution in [0.25, 0.3) is 0 Å². The fourth-order valence-corrected chi connectivity index (χ4v) is 4.59. The molecular formula is C29H29N5O3. The fourth-order valence-electron chi connectivity index (χ4n) is 4.59. The van der Waals surface area contributed by atoms with E-state index in [4.69, 9.17) is 4.98 Å². The number of imidazole rings is 1. The highest BCUT2D eigenvalue weighted by molar-refractivity contribution is 6.04. The van der Waals surface area contributed by atoms with Gasteiger partial charge in [-0.2, -0.15) is 0 Å². The first-order chi connectivity index (χ1) is 18.0. The minimum Gasteiger partial charge on any atom is -0.357 e. The summed E-state index contributed by atoms with van der Waals surface area (Å²) in [4.78, 5) is 47.6. The number of nitrogens with zero attached hydrogens (tertiary/aromatic N) is 3. The molecule has 0 saturated heterocycles. The number of benzene rings is 2. The molecule has 0 radical (unpaired) electrons. The van der Waals surface area contributed by atoms with Crippen molar-refractivity contribution in [2.45, 2.75) is 39.3 Å². The summed E-state index contributed by atoms with van der Waals surface area (Å²) >= 11 is 0. The van der Waals surface area contributed by atoms with Gasteiger partial charge < -0.3 is 19.8 Å². The maximum absolute atomic E-state index is 13.4. The summed E-state index contributed by atoms with van der Waals surface area (Å²) in [5.41, 5.74) is 4.20. The van der Waals surface area contributed by atoms with Crippen molar-refractivity contribution in [3.8, 4) is 0 Å². The van der Waals surface area contributed by atoms with Crippen LogP contribution in [-0.4, -0.2) is 43.6 Å². The second-order valence-corrected chi connectivity index (χ2v) is 9.17. The lowest BCUT2D eigenvalue weighted by Gasteiger charge is -2.29. The first-order valence-corrected chi connectivity index (χ1v) is 12.5. The van der Waals surface area contributed by atoms with Crippen molar-refractivity contribution in [1.29, 1.82) is 0 Å². The largest absolute Gasteiger partial charge is 0.357 e. The van der Waals surface area contributed by atoms with E-state index < -0.39 is 0 Å². The summed E-state index contributed by atoms with van der Waals surface area (Å²) in [6.07, 6.45) is 3.19. The number of amides is 2. The van der Waals surface area contributed by atoms with Crippen molar-refractivity contribution in [3.63, 3.8) is 0 Å². The molecule has 0 saturated carbocycles. The Morgan fingerprint density at radius 3 is 2.43 bits per heavy atom. The van der Waals surface area contributed by atoms with Crippen LogP contribution in [0.5, 0.6) is 0 Å². The Morgan fingerprint density at radius 2 is 1.73 bits per heavy atom. The third-order valence-corrected chi connectivity index (χ3v) is 6.63. The fraction of sp³-hybridized carbons (Fsp3) is 0.241. The Labute approximate surface area is 215 Å². The molecule has 2 amide bonds. The Bertz CT molecular complexity index is 1410. The van der Waals surface area contributed by atoms with Gasteiger partial charge in [0.2, 0.25) is 0 Å². The van der Waals surface area contributed by atoms with Gasteiger partial charge in [-0.05, 0) is 35.4 Å². The first kappa shape index (κ1) is 24.2. The van der Waals surface area contributed by atoms with E-state index >= 15 is 0 Å². The zero-order valence-electron chi connectivity index (χ0n) is 20.7. The van der Waals surface area contributed by atoms with Crippen molar-refractivity contribution in [1.82, 2.24) is 19.4 Å². The van der Waals surface area contributed by atoms with Gasteiger partial charge in [-0.25, -0.2) is 4.98 Å². The Hall–Kier alpha value is -4.46. The molecule has 188 valence electrons. The molecule has 8 nitrogen and oxygen atoms in total. The summed E-state index contributed by atoms with van der Waals surface area (Å²) < 4.78 is 2.07. The second kappa shape index (κ2) is 10.7. The van der Waals surface area contributed by atoms with Crippen LogP contribution in [0.4, 0.5) is 5.69 Å². The highest BCUT2D eigenvalue weighted by atomic mass is 16.2. The second-order valence-electron chi connectivity index (χ2n) is 9.17. The van der Waals surface area contributed by atoms with E-state index in [1.165, 1.54) is 0 Å². The molecule has 2 aromatic heterocycles. The highest BCUT2D eigenvalue weighted by Gasteiger charge is 2.30. The van der Waals surface area contributed by atoms with Gasteiger partial charge in [0.05, 0.1) is 12.2 Å². The van der Waals surface area contributed by atoms with Crippen molar-refractivity contribution < 1.29 is 14.4 Å². The topological polar surface area (TPSA) is 100 Å². The van der Waals surface area contributed by atoms with Gasteiger partial charge in [0, 0.05) is 44.2 Å². The predicted octanol–water partition coefficient (Wildman–Crippen LogP) is 4.23. The third-order valence-electron chi connectivity index (χ3n) is 6.63. The van der Waals surface area contributed by atoms with Crippen LogP contribution in [0.2, 0.25) is 0 Å². The Morgan fingerprint density at radius 1 is 0.946 bits per heavy atom. The molecular weight excluding hydrogens is 466 g/mol. The van der Waals surface area contributed by atoms with Crippen LogP contribution in [0.3, 0.4) is 0 Å².